The summed E-state index contributed by atoms with van der Waals surface area (Å²) in [5, 5.41) is 12.3. The molecule has 25 heavy (non-hydrogen) atoms. The molecule has 0 saturated heterocycles. The Morgan fingerprint density at radius 3 is 2.48 bits per heavy atom. The zero-order chi connectivity index (χ0) is 17.9. The Morgan fingerprint density at radius 1 is 0.960 bits per heavy atom. The van der Waals surface area contributed by atoms with Crippen LogP contribution in [-0.2, 0) is 0 Å². The molecular weight excluding hydrogens is 310 g/mol. The topological polar surface area (TPSA) is 41.5 Å². The molecule has 0 heterocycles. The van der Waals surface area contributed by atoms with E-state index in [1.807, 2.05) is 60.7 Å². The first kappa shape index (κ1) is 18.8. The van der Waals surface area contributed by atoms with Crippen LogP contribution in [0.5, 0.6) is 11.5 Å². The summed E-state index contributed by atoms with van der Waals surface area (Å²) >= 11 is 0. The minimum atomic E-state index is 0.122. The number of anilines is 1. The van der Waals surface area contributed by atoms with E-state index in [9.17, 15) is 0 Å². The van der Waals surface area contributed by atoms with Gasteiger partial charge in [-0.25, -0.2) is 0 Å². The van der Waals surface area contributed by atoms with Gasteiger partial charge in [-0.2, -0.15) is 0 Å². The van der Waals surface area contributed by atoms with Gasteiger partial charge in [0, 0.05) is 18.3 Å². The van der Waals surface area contributed by atoms with Crippen LogP contribution in [0.25, 0.3) is 0 Å². The van der Waals surface area contributed by atoms with Crippen molar-refractivity contribution in [1.29, 1.82) is 0 Å². The number of nitrogens with one attached hydrogen (secondary N) is 1. The highest BCUT2D eigenvalue weighted by atomic mass is 16.5. The molecule has 0 aliphatic heterocycles. The zero-order valence-electron chi connectivity index (χ0n) is 15.0. The highest BCUT2D eigenvalue weighted by molar-refractivity contribution is 5.49. The molecule has 0 radical (unpaired) electrons. The molecule has 0 saturated carbocycles. The maximum Gasteiger partial charge on any atom is 0.129 e. The largest absolute Gasteiger partial charge is 0.457 e. The molecule has 2 aromatic rings. The van der Waals surface area contributed by atoms with E-state index in [1.54, 1.807) is 0 Å². The van der Waals surface area contributed by atoms with Crippen LogP contribution in [-0.4, -0.2) is 18.3 Å². The monoisotopic (exact) mass is 337 g/mol. The van der Waals surface area contributed by atoms with Crippen LogP contribution >= 0.6 is 0 Å². The Hall–Kier alpha value is -2.52. The van der Waals surface area contributed by atoms with Gasteiger partial charge in [0.15, 0.2) is 0 Å². The van der Waals surface area contributed by atoms with Crippen molar-refractivity contribution in [3.8, 4) is 11.5 Å². The summed E-state index contributed by atoms with van der Waals surface area (Å²) in [7, 11) is 0. The summed E-state index contributed by atoms with van der Waals surface area (Å²) in [6.07, 6.45) is 6.08. The lowest BCUT2D eigenvalue weighted by Gasteiger charge is -2.10. The number of aliphatic hydroxyl groups is 1. The number of allylic oxidation sites excluding steroid dienone is 2. The first-order chi connectivity index (χ1) is 12.2. The maximum atomic E-state index is 8.86. The van der Waals surface area contributed by atoms with E-state index in [0.29, 0.717) is 0 Å². The van der Waals surface area contributed by atoms with Crippen LogP contribution < -0.4 is 10.1 Å². The molecule has 3 nitrogen and oxygen atoms in total. The Labute approximate surface area is 150 Å². The lowest BCUT2D eigenvalue weighted by atomic mass is 10.1. The van der Waals surface area contributed by atoms with Crippen molar-refractivity contribution >= 4 is 5.69 Å². The van der Waals surface area contributed by atoms with E-state index in [2.05, 4.69) is 25.2 Å². The number of rotatable bonds is 9. The van der Waals surface area contributed by atoms with Crippen molar-refractivity contribution < 1.29 is 9.84 Å². The van der Waals surface area contributed by atoms with Crippen LogP contribution in [0.15, 0.2) is 77.9 Å². The summed E-state index contributed by atoms with van der Waals surface area (Å²) in [5.41, 5.74) is 3.56. The van der Waals surface area contributed by atoms with Crippen molar-refractivity contribution in [2.24, 2.45) is 0 Å². The summed E-state index contributed by atoms with van der Waals surface area (Å²) in [6, 6.07) is 17.8. The molecule has 0 aromatic heterocycles. The van der Waals surface area contributed by atoms with Crippen LogP contribution in [0, 0.1) is 0 Å². The minimum Gasteiger partial charge on any atom is -0.457 e. The second kappa shape index (κ2) is 10.4. The second-order valence-corrected chi connectivity index (χ2v) is 6.12. The lowest BCUT2D eigenvalue weighted by molar-refractivity contribution is 0.341. The fourth-order valence-corrected chi connectivity index (χ4v) is 2.41. The Balaban J connectivity index is 1.84. The van der Waals surface area contributed by atoms with Gasteiger partial charge in [0.25, 0.3) is 0 Å². The SMILES string of the molecule is C/C(=C\CO)CC/C=C(\C)CNc1cccc(Oc2ccccc2)c1. The van der Waals surface area contributed by atoms with E-state index < -0.39 is 0 Å². The van der Waals surface area contributed by atoms with Gasteiger partial charge in [-0.05, 0) is 51.0 Å². The predicted molar refractivity (Wildman–Crippen MR) is 105 cm³/mol. The van der Waals surface area contributed by atoms with Crippen molar-refractivity contribution in [3.05, 3.63) is 77.9 Å². The van der Waals surface area contributed by atoms with Crippen molar-refractivity contribution in [2.75, 3.05) is 18.5 Å². The number of aliphatic hydroxyl groups excluding tert-OH is 1. The van der Waals surface area contributed by atoms with Gasteiger partial charge in [0.05, 0.1) is 6.61 Å². The summed E-state index contributed by atoms with van der Waals surface area (Å²) in [4.78, 5) is 0. The third-order valence-corrected chi connectivity index (χ3v) is 3.86. The molecule has 0 aliphatic carbocycles. The van der Waals surface area contributed by atoms with Crippen LogP contribution in [0.1, 0.15) is 26.7 Å². The number of ether oxygens (including phenoxy) is 1. The second-order valence-electron chi connectivity index (χ2n) is 6.12. The van der Waals surface area contributed by atoms with E-state index >= 15 is 0 Å². The molecule has 2 N–H and O–H groups in total. The molecule has 2 aromatic carbocycles. The molecule has 3 heteroatoms. The highest BCUT2D eigenvalue weighted by Gasteiger charge is 1.99. The van der Waals surface area contributed by atoms with E-state index in [-0.39, 0.29) is 6.61 Å². The van der Waals surface area contributed by atoms with Crippen LogP contribution in [0.4, 0.5) is 5.69 Å². The minimum absolute atomic E-state index is 0.122. The molecule has 0 spiro atoms. The molecular formula is C22H27NO2. The quantitative estimate of drug-likeness (QED) is 0.589. The van der Waals surface area contributed by atoms with Gasteiger partial charge >= 0.3 is 0 Å². The molecule has 0 bridgehead atoms. The first-order valence-electron chi connectivity index (χ1n) is 8.66. The zero-order valence-corrected chi connectivity index (χ0v) is 15.0. The van der Waals surface area contributed by atoms with Gasteiger partial charge in [-0.3, -0.25) is 0 Å². The molecule has 0 aliphatic rings. The third-order valence-electron chi connectivity index (χ3n) is 3.86. The molecule has 0 unspecified atom stereocenters. The van der Waals surface area contributed by atoms with Crippen molar-refractivity contribution in [2.45, 2.75) is 26.7 Å². The molecule has 132 valence electrons. The highest BCUT2D eigenvalue weighted by Crippen LogP contribution is 2.23. The maximum absolute atomic E-state index is 8.86. The number of hydrogen-bond acceptors (Lipinski definition) is 3. The van der Waals surface area contributed by atoms with Gasteiger partial charge < -0.3 is 15.2 Å². The Morgan fingerprint density at radius 2 is 1.72 bits per heavy atom. The molecule has 0 atom stereocenters. The average molecular weight is 337 g/mol. The molecule has 2 rings (SSSR count). The van der Waals surface area contributed by atoms with Crippen LogP contribution in [0.2, 0.25) is 0 Å². The summed E-state index contributed by atoms with van der Waals surface area (Å²) in [6.45, 7) is 5.10. The van der Waals surface area contributed by atoms with Crippen molar-refractivity contribution in [1.82, 2.24) is 0 Å². The standard InChI is InChI=1S/C22H27NO2/c1-18(14-15-24)8-6-9-19(2)17-23-20-10-7-13-22(16-20)25-21-11-4-3-5-12-21/h3-5,7,9-14,16,23-24H,6,8,15,17H2,1-2H3/b18-14+,19-9+. The summed E-state index contributed by atoms with van der Waals surface area (Å²) in [5.74, 6) is 1.66. The predicted octanol–water partition coefficient (Wildman–Crippen LogP) is 5.56. The normalized spacial score (nSPS) is 12.1. The fourth-order valence-electron chi connectivity index (χ4n) is 2.41. The van der Waals surface area contributed by atoms with Crippen molar-refractivity contribution in [3.63, 3.8) is 0 Å². The molecule has 0 amide bonds. The fraction of sp³-hybridized carbons (Fsp3) is 0.273. The van der Waals surface area contributed by atoms with Gasteiger partial charge in [-0.15, -0.1) is 0 Å². The molecule has 0 fully saturated rings. The lowest BCUT2D eigenvalue weighted by Crippen LogP contribution is -2.02. The van der Waals surface area contributed by atoms with Crippen LogP contribution in [0.3, 0.4) is 0 Å². The average Bonchev–Trinajstić information content (AvgIpc) is 2.61. The number of para-hydroxylation sites is 1. The Kier molecular flexibility index (Phi) is 7.80. The smallest absolute Gasteiger partial charge is 0.129 e. The Bertz CT molecular complexity index is 705. The van der Waals surface area contributed by atoms with E-state index in [0.717, 1.165) is 36.6 Å². The van der Waals surface area contributed by atoms with Gasteiger partial charge in [-0.1, -0.05) is 47.6 Å². The first-order valence-corrected chi connectivity index (χ1v) is 8.66. The summed E-state index contributed by atoms with van der Waals surface area (Å²) < 4.78 is 5.86. The van der Waals surface area contributed by atoms with E-state index in [4.69, 9.17) is 9.84 Å². The number of benzene rings is 2. The van der Waals surface area contributed by atoms with Gasteiger partial charge in [0.2, 0.25) is 0 Å². The van der Waals surface area contributed by atoms with Gasteiger partial charge in [0.1, 0.15) is 11.5 Å². The van der Waals surface area contributed by atoms with E-state index in [1.165, 1.54) is 11.1 Å². The number of hydrogen-bond donors (Lipinski definition) is 2. The third kappa shape index (κ3) is 7.27.